The number of methoxy groups -OCH3 is 3. The molecule has 2 aromatic rings. The van der Waals surface area contributed by atoms with Crippen LogP contribution in [0.2, 0.25) is 0 Å². The average Bonchev–Trinajstić information content (AvgIpc) is 2.67. The van der Waals surface area contributed by atoms with Gasteiger partial charge in [-0.2, -0.15) is 0 Å². The normalized spacial score (nSPS) is 11.4. The maximum absolute atomic E-state index is 5.38. The smallest absolute Gasteiger partial charge is 0.203 e. The minimum absolute atomic E-state index is 0.535. The van der Waals surface area contributed by atoms with Crippen molar-refractivity contribution < 1.29 is 14.2 Å². The summed E-state index contributed by atoms with van der Waals surface area (Å²) in [6, 6.07) is 3.62. The van der Waals surface area contributed by atoms with Gasteiger partial charge in [-0.25, -0.2) is 4.98 Å². The highest BCUT2D eigenvalue weighted by Gasteiger charge is 2.13. The summed E-state index contributed by atoms with van der Waals surface area (Å²) in [5, 5.41) is 6.48. The van der Waals surface area contributed by atoms with E-state index in [4.69, 9.17) is 14.2 Å². The van der Waals surface area contributed by atoms with Gasteiger partial charge in [-0.1, -0.05) is 19.1 Å². The fourth-order valence-electron chi connectivity index (χ4n) is 2.50. The molecule has 0 fully saturated rings. The van der Waals surface area contributed by atoms with Gasteiger partial charge in [0.05, 0.1) is 33.7 Å². The number of nitrogens with zero attached hydrogens (tertiary/aromatic N) is 2. The Labute approximate surface area is 160 Å². The zero-order valence-corrected chi connectivity index (χ0v) is 16.4. The first-order chi connectivity index (χ1) is 13.1. The summed E-state index contributed by atoms with van der Waals surface area (Å²) in [5.74, 6) is 2.88. The number of hydrogen-bond acceptors (Lipinski definition) is 7. The van der Waals surface area contributed by atoms with Crippen molar-refractivity contribution in [3.63, 3.8) is 0 Å². The molecular formula is C20H26N4O3. The van der Waals surface area contributed by atoms with Gasteiger partial charge in [0.25, 0.3) is 0 Å². The molecule has 1 heterocycles. The Morgan fingerprint density at radius 1 is 1.04 bits per heavy atom. The monoisotopic (exact) mass is 370 g/mol. The molecule has 0 saturated carbocycles. The molecule has 0 amide bonds. The quantitative estimate of drug-likeness (QED) is 0.628. The molecule has 0 atom stereocenters. The lowest BCUT2D eigenvalue weighted by atomic mass is 10.2. The summed E-state index contributed by atoms with van der Waals surface area (Å²) in [7, 11) is 4.72. The summed E-state index contributed by atoms with van der Waals surface area (Å²) in [6.07, 6.45) is 10.3. The van der Waals surface area contributed by atoms with E-state index in [1.54, 1.807) is 33.7 Å². The molecular weight excluding hydrogens is 344 g/mol. The van der Waals surface area contributed by atoms with E-state index in [0.29, 0.717) is 28.9 Å². The Balaban J connectivity index is 2.27. The number of anilines is 3. The largest absolute Gasteiger partial charge is 0.493 e. The van der Waals surface area contributed by atoms with E-state index in [-0.39, 0.29) is 0 Å². The van der Waals surface area contributed by atoms with Gasteiger partial charge in [-0.05, 0) is 19.4 Å². The zero-order valence-electron chi connectivity index (χ0n) is 16.4. The zero-order chi connectivity index (χ0) is 19.6. The number of rotatable bonds is 9. The van der Waals surface area contributed by atoms with Crippen molar-refractivity contribution in [2.24, 2.45) is 0 Å². The van der Waals surface area contributed by atoms with Crippen molar-refractivity contribution in [3.05, 3.63) is 48.5 Å². The second kappa shape index (κ2) is 10.1. The van der Waals surface area contributed by atoms with Crippen molar-refractivity contribution in [3.8, 4) is 17.2 Å². The number of benzene rings is 1. The Morgan fingerprint density at radius 3 is 2.26 bits per heavy atom. The highest BCUT2D eigenvalue weighted by Crippen LogP contribution is 2.40. The standard InChI is InChI=1S/C20H26N4O3/c1-6-8-14(9-7-2)22-18-12-21-13-19(24-18)23-15-10-16(25-3)20(27-5)17(11-15)26-4/h6,8-13H,7H2,1-5H3,(H2,22,23,24)/b8-6-,14-9+. The molecule has 7 heteroatoms. The highest BCUT2D eigenvalue weighted by molar-refractivity contribution is 5.67. The van der Waals surface area contributed by atoms with Crippen molar-refractivity contribution in [1.29, 1.82) is 0 Å². The molecule has 2 rings (SSSR count). The molecule has 1 aromatic carbocycles. The molecule has 0 aliphatic rings. The molecule has 0 aliphatic heterocycles. The van der Waals surface area contributed by atoms with Crippen molar-refractivity contribution >= 4 is 17.3 Å². The van der Waals surface area contributed by atoms with Gasteiger partial charge < -0.3 is 24.8 Å². The topological polar surface area (TPSA) is 77.5 Å². The Hall–Kier alpha value is -3.22. The van der Waals surface area contributed by atoms with Crippen LogP contribution in [0.25, 0.3) is 0 Å². The predicted molar refractivity (Wildman–Crippen MR) is 108 cm³/mol. The van der Waals surface area contributed by atoms with Crippen LogP contribution in [-0.4, -0.2) is 31.3 Å². The first-order valence-corrected chi connectivity index (χ1v) is 8.64. The van der Waals surface area contributed by atoms with Crippen LogP contribution in [0.3, 0.4) is 0 Å². The maximum atomic E-state index is 5.38. The van der Waals surface area contributed by atoms with Crippen LogP contribution in [0.5, 0.6) is 17.2 Å². The van der Waals surface area contributed by atoms with E-state index in [9.17, 15) is 0 Å². The van der Waals surface area contributed by atoms with Gasteiger partial charge >= 0.3 is 0 Å². The molecule has 0 unspecified atom stereocenters. The van der Waals surface area contributed by atoms with Crippen LogP contribution in [0.4, 0.5) is 17.3 Å². The highest BCUT2D eigenvalue weighted by atomic mass is 16.5. The third-order valence-corrected chi connectivity index (χ3v) is 3.61. The molecule has 7 nitrogen and oxygen atoms in total. The average molecular weight is 370 g/mol. The van der Waals surface area contributed by atoms with Crippen LogP contribution in [-0.2, 0) is 0 Å². The Kier molecular flexibility index (Phi) is 7.49. The molecule has 0 aliphatic carbocycles. The molecule has 2 N–H and O–H groups in total. The van der Waals surface area contributed by atoms with Crippen molar-refractivity contribution in [1.82, 2.24) is 9.97 Å². The van der Waals surface area contributed by atoms with Gasteiger partial charge in [0.1, 0.15) is 0 Å². The summed E-state index contributed by atoms with van der Waals surface area (Å²) in [5.41, 5.74) is 1.72. The van der Waals surface area contributed by atoms with Gasteiger partial charge in [-0.15, -0.1) is 0 Å². The van der Waals surface area contributed by atoms with Crippen LogP contribution in [0.15, 0.2) is 48.5 Å². The van der Waals surface area contributed by atoms with E-state index in [0.717, 1.165) is 17.8 Å². The fourth-order valence-corrected chi connectivity index (χ4v) is 2.50. The summed E-state index contributed by atoms with van der Waals surface area (Å²) in [4.78, 5) is 8.80. The van der Waals surface area contributed by atoms with Crippen LogP contribution in [0, 0.1) is 0 Å². The molecule has 27 heavy (non-hydrogen) atoms. The molecule has 0 bridgehead atoms. The van der Waals surface area contributed by atoms with Gasteiger partial charge in [-0.3, -0.25) is 4.98 Å². The Morgan fingerprint density at radius 2 is 1.70 bits per heavy atom. The summed E-state index contributed by atoms with van der Waals surface area (Å²) < 4.78 is 16.1. The molecule has 0 radical (unpaired) electrons. The lowest BCUT2D eigenvalue weighted by Crippen LogP contribution is -2.03. The second-order valence-electron chi connectivity index (χ2n) is 5.52. The molecule has 144 valence electrons. The number of allylic oxidation sites excluding steroid dienone is 3. The lowest BCUT2D eigenvalue weighted by molar-refractivity contribution is 0.324. The first-order valence-electron chi connectivity index (χ1n) is 8.64. The molecule has 0 spiro atoms. The molecule has 0 saturated heterocycles. The van der Waals surface area contributed by atoms with Crippen LogP contribution >= 0.6 is 0 Å². The minimum atomic E-state index is 0.535. The second-order valence-corrected chi connectivity index (χ2v) is 5.52. The van der Waals surface area contributed by atoms with E-state index >= 15 is 0 Å². The van der Waals surface area contributed by atoms with Crippen molar-refractivity contribution in [2.45, 2.75) is 20.3 Å². The third-order valence-electron chi connectivity index (χ3n) is 3.61. The van der Waals surface area contributed by atoms with Gasteiger partial charge in [0, 0.05) is 23.5 Å². The Bertz CT molecular complexity index is 794. The minimum Gasteiger partial charge on any atom is -0.493 e. The van der Waals surface area contributed by atoms with Gasteiger partial charge in [0.2, 0.25) is 5.75 Å². The number of hydrogen-bond donors (Lipinski definition) is 2. The summed E-state index contributed by atoms with van der Waals surface area (Å²) >= 11 is 0. The van der Waals surface area contributed by atoms with E-state index in [2.05, 4.69) is 33.6 Å². The summed E-state index contributed by atoms with van der Waals surface area (Å²) in [6.45, 7) is 4.05. The molecule has 1 aromatic heterocycles. The van der Waals surface area contributed by atoms with E-state index in [1.807, 2.05) is 31.2 Å². The maximum Gasteiger partial charge on any atom is 0.203 e. The van der Waals surface area contributed by atoms with Crippen LogP contribution in [0.1, 0.15) is 20.3 Å². The number of aromatic nitrogens is 2. The third kappa shape index (κ3) is 5.37. The first kappa shape index (κ1) is 20.1. The van der Waals surface area contributed by atoms with Crippen molar-refractivity contribution in [2.75, 3.05) is 32.0 Å². The van der Waals surface area contributed by atoms with E-state index < -0.39 is 0 Å². The number of nitrogens with one attached hydrogen (secondary N) is 2. The van der Waals surface area contributed by atoms with Gasteiger partial charge in [0.15, 0.2) is 23.1 Å². The number of ether oxygens (including phenoxy) is 3. The van der Waals surface area contributed by atoms with Crippen LogP contribution < -0.4 is 24.8 Å². The lowest BCUT2D eigenvalue weighted by Gasteiger charge is -2.15. The fraction of sp³-hybridized carbons (Fsp3) is 0.300. The SMILES string of the molecule is C/C=C\C(=C/CC)Nc1cncc(Nc2cc(OC)c(OC)c(OC)c2)n1. The van der Waals surface area contributed by atoms with E-state index in [1.165, 1.54) is 0 Å². The predicted octanol–water partition coefficient (Wildman–Crippen LogP) is 4.53.